The van der Waals surface area contributed by atoms with Crippen LogP contribution in [-0.4, -0.2) is 41.9 Å². The summed E-state index contributed by atoms with van der Waals surface area (Å²) < 4.78 is 32.2. The molecule has 1 saturated heterocycles. The molecule has 3 rings (SSSR count). The first-order valence-corrected chi connectivity index (χ1v) is 8.46. The van der Waals surface area contributed by atoms with Crippen molar-refractivity contribution in [1.82, 2.24) is 14.3 Å². The highest BCUT2D eigenvalue weighted by Crippen LogP contribution is 2.23. The molecule has 1 aromatic carbocycles. The number of hydrogen-bond acceptors (Lipinski definition) is 6. The molecule has 8 heteroatoms. The van der Waals surface area contributed by atoms with E-state index < -0.39 is 10.0 Å². The van der Waals surface area contributed by atoms with E-state index in [1.54, 1.807) is 6.20 Å². The molecule has 0 unspecified atom stereocenters. The van der Waals surface area contributed by atoms with Gasteiger partial charge in [-0.15, -0.1) is 0 Å². The lowest BCUT2D eigenvalue weighted by atomic mass is 10.2. The zero-order valence-electron chi connectivity index (χ0n) is 12.2. The van der Waals surface area contributed by atoms with Gasteiger partial charge in [0.1, 0.15) is 6.10 Å². The lowest BCUT2D eigenvalue weighted by molar-refractivity contribution is 0.206. The first kappa shape index (κ1) is 15.4. The van der Waals surface area contributed by atoms with E-state index in [4.69, 9.17) is 10.00 Å². The van der Waals surface area contributed by atoms with Crippen LogP contribution in [0.15, 0.2) is 47.8 Å². The van der Waals surface area contributed by atoms with Crippen LogP contribution in [0.5, 0.6) is 5.88 Å². The predicted molar refractivity (Wildman–Crippen MR) is 81.0 cm³/mol. The Morgan fingerprint density at radius 1 is 1.26 bits per heavy atom. The zero-order chi connectivity index (χ0) is 16.3. The van der Waals surface area contributed by atoms with E-state index in [0.717, 1.165) is 0 Å². The van der Waals surface area contributed by atoms with Crippen molar-refractivity contribution in [3.63, 3.8) is 0 Å². The van der Waals surface area contributed by atoms with Crippen LogP contribution >= 0.6 is 0 Å². The summed E-state index contributed by atoms with van der Waals surface area (Å²) in [4.78, 5) is 8.11. The topological polar surface area (TPSA) is 96.2 Å². The maximum Gasteiger partial charge on any atom is 0.243 e. The smallest absolute Gasteiger partial charge is 0.243 e. The highest BCUT2D eigenvalue weighted by Gasteiger charge is 2.33. The van der Waals surface area contributed by atoms with Gasteiger partial charge < -0.3 is 4.74 Å². The highest BCUT2D eigenvalue weighted by atomic mass is 32.2. The monoisotopic (exact) mass is 330 g/mol. The van der Waals surface area contributed by atoms with Gasteiger partial charge in [-0.2, -0.15) is 9.57 Å². The number of nitriles is 1. The summed E-state index contributed by atoms with van der Waals surface area (Å²) >= 11 is 0. The Balaban J connectivity index is 1.71. The van der Waals surface area contributed by atoms with Gasteiger partial charge in [-0.1, -0.05) is 0 Å². The molecule has 2 aromatic rings. The molecule has 0 aliphatic carbocycles. The number of benzene rings is 1. The van der Waals surface area contributed by atoms with Crippen molar-refractivity contribution in [1.29, 1.82) is 5.26 Å². The first-order chi connectivity index (χ1) is 11.1. The highest BCUT2D eigenvalue weighted by molar-refractivity contribution is 7.89. The van der Waals surface area contributed by atoms with Crippen molar-refractivity contribution >= 4 is 10.0 Å². The van der Waals surface area contributed by atoms with Crippen LogP contribution < -0.4 is 4.74 Å². The lowest BCUT2D eigenvalue weighted by Crippen LogP contribution is -2.31. The minimum Gasteiger partial charge on any atom is -0.472 e. The average Bonchev–Trinajstić information content (AvgIpc) is 3.05. The average molecular weight is 330 g/mol. The van der Waals surface area contributed by atoms with Crippen LogP contribution in [0.3, 0.4) is 0 Å². The minimum absolute atomic E-state index is 0.177. The largest absolute Gasteiger partial charge is 0.472 e. The first-order valence-electron chi connectivity index (χ1n) is 7.02. The Hall–Kier alpha value is -2.50. The molecule has 1 aromatic heterocycles. The number of ether oxygens (including phenoxy) is 1. The molecule has 1 fully saturated rings. The number of aromatic nitrogens is 2. The van der Waals surface area contributed by atoms with Crippen LogP contribution in [0, 0.1) is 11.3 Å². The van der Waals surface area contributed by atoms with Gasteiger partial charge in [0.2, 0.25) is 15.9 Å². The fraction of sp³-hybridized carbons (Fsp3) is 0.267. The van der Waals surface area contributed by atoms with Gasteiger partial charge in [0, 0.05) is 18.9 Å². The molecule has 0 spiro atoms. The Morgan fingerprint density at radius 2 is 2.04 bits per heavy atom. The molecule has 7 nitrogen and oxygen atoms in total. The molecule has 1 aliphatic heterocycles. The second kappa shape index (κ2) is 6.32. The molecule has 0 saturated carbocycles. The molecule has 23 heavy (non-hydrogen) atoms. The van der Waals surface area contributed by atoms with Crippen molar-refractivity contribution in [2.45, 2.75) is 17.4 Å². The maximum absolute atomic E-state index is 12.6. The van der Waals surface area contributed by atoms with E-state index >= 15 is 0 Å². The summed E-state index contributed by atoms with van der Waals surface area (Å²) in [6.07, 6.45) is 4.91. The van der Waals surface area contributed by atoms with Gasteiger partial charge in [0.05, 0.1) is 29.3 Å². The van der Waals surface area contributed by atoms with E-state index in [9.17, 15) is 8.42 Å². The van der Waals surface area contributed by atoms with Gasteiger partial charge in [0.25, 0.3) is 0 Å². The third-order valence-electron chi connectivity index (χ3n) is 3.56. The summed E-state index contributed by atoms with van der Waals surface area (Å²) in [6, 6.07) is 7.86. The second-order valence-corrected chi connectivity index (χ2v) is 7.01. The third-order valence-corrected chi connectivity index (χ3v) is 5.44. The van der Waals surface area contributed by atoms with Gasteiger partial charge >= 0.3 is 0 Å². The van der Waals surface area contributed by atoms with Crippen molar-refractivity contribution in [3.05, 3.63) is 48.4 Å². The molecule has 0 amide bonds. The second-order valence-electron chi connectivity index (χ2n) is 5.07. The van der Waals surface area contributed by atoms with Crippen LogP contribution in [0.2, 0.25) is 0 Å². The Kier molecular flexibility index (Phi) is 4.23. The Morgan fingerprint density at radius 3 is 2.70 bits per heavy atom. The SMILES string of the molecule is N#Cc1ccc(S(=O)(=O)N2CC[C@@H](Oc3cnccn3)C2)cc1. The number of sulfonamides is 1. The molecule has 1 aliphatic rings. The summed E-state index contributed by atoms with van der Waals surface area (Å²) in [6.45, 7) is 0.645. The van der Waals surface area contributed by atoms with Crippen LogP contribution in [0.25, 0.3) is 0 Å². The molecule has 2 heterocycles. The summed E-state index contributed by atoms with van der Waals surface area (Å²) in [7, 11) is -3.58. The van der Waals surface area contributed by atoms with Crippen molar-refractivity contribution < 1.29 is 13.2 Å². The van der Waals surface area contributed by atoms with Crippen molar-refractivity contribution in [2.75, 3.05) is 13.1 Å². The van der Waals surface area contributed by atoms with E-state index in [2.05, 4.69) is 9.97 Å². The molecule has 118 valence electrons. The quantitative estimate of drug-likeness (QED) is 0.835. The van der Waals surface area contributed by atoms with Crippen molar-refractivity contribution in [2.24, 2.45) is 0 Å². The molecule has 0 N–H and O–H groups in total. The fourth-order valence-corrected chi connectivity index (χ4v) is 3.87. The molecule has 0 bridgehead atoms. The standard InChI is InChI=1S/C15H14N4O3S/c16-9-12-1-3-14(4-2-12)23(20,21)19-8-5-13(11-19)22-15-10-17-6-7-18-15/h1-4,6-7,10,13H,5,8,11H2/t13-/m1/s1. The minimum atomic E-state index is -3.58. The van der Waals surface area contributed by atoms with Gasteiger partial charge in [-0.25, -0.2) is 13.4 Å². The summed E-state index contributed by atoms with van der Waals surface area (Å²) in [5.41, 5.74) is 0.425. The van der Waals surface area contributed by atoms with Crippen molar-refractivity contribution in [3.8, 4) is 11.9 Å². The van der Waals surface area contributed by atoms with Crippen LogP contribution in [0.4, 0.5) is 0 Å². The van der Waals surface area contributed by atoms with E-state index in [1.165, 1.54) is 41.0 Å². The number of hydrogen-bond donors (Lipinski definition) is 0. The van der Waals surface area contributed by atoms with E-state index in [-0.39, 0.29) is 17.5 Å². The van der Waals surface area contributed by atoms with Crippen LogP contribution in [-0.2, 0) is 10.0 Å². The maximum atomic E-state index is 12.6. The number of rotatable bonds is 4. The normalized spacial score (nSPS) is 18.5. The van der Waals surface area contributed by atoms with E-state index in [0.29, 0.717) is 24.4 Å². The van der Waals surface area contributed by atoms with E-state index in [1.807, 2.05) is 6.07 Å². The number of nitrogens with zero attached hydrogens (tertiary/aromatic N) is 4. The molecule has 0 radical (unpaired) electrons. The Bertz CT molecular complexity index is 816. The summed E-state index contributed by atoms with van der Waals surface area (Å²) in [5.74, 6) is 0.384. The third kappa shape index (κ3) is 3.31. The fourth-order valence-electron chi connectivity index (χ4n) is 2.38. The van der Waals surface area contributed by atoms with Gasteiger partial charge in [0.15, 0.2) is 0 Å². The Labute approximate surface area is 134 Å². The van der Waals surface area contributed by atoms with Gasteiger partial charge in [-0.3, -0.25) is 4.98 Å². The lowest BCUT2D eigenvalue weighted by Gasteiger charge is -2.17. The van der Waals surface area contributed by atoms with Crippen LogP contribution in [0.1, 0.15) is 12.0 Å². The van der Waals surface area contributed by atoms with Gasteiger partial charge in [-0.05, 0) is 30.7 Å². The summed E-state index contributed by atoms with van der Waals surface area (Å²) in [5, 5.41) is 8.78. The molecular weight excluding hydrogens is 316 g/mol. The predicted octanol–water partition coefficient (Wildman–Crippen LogP) is 1.19. The molecular formula is C15H14N4O3S. The zero-order valence-corrected chi connectivity index (χ0v) is 13.0. The molecule has 1 atom stereocenters.